The van der Waals surface area contributed by atoms with E-state index >= 15 is 0 Å². The topological polar surface area (TPSA) is 98.8 Å². The Morgan fingerprint density at radius 1 is 1.00 bits per heavy atom. The molecule has 2 aromatic rings. The van der Waals surface area contributed by atoms with Crippen molar-refractivity contribution < 1.29 is 26.9 Å². The van der Waals surface area contributed by atoms with Crippen molar-refractivity contribution in [2.75, 3.05) is 0 Å². The summed E-state index contributed by atoms with van der Waals surface area (Å²) in [6, 6.07) is 13.1. The average molecular weight is 444 g/mol. The molecule has 0 amide bonds. The summed E-state index contributed by atoms with van der Waals surface area (Å²) in [6.07, 6.45) is 4.06. The van der Waals surface area contributed by atoms with Crippen LogP contribution in [0.25, 0.3) is 0 Å². The first-order chi connectivity index (χ1) is 14.8. The van der Waals surface area contributed by atoms with Gasteiger partial charge in [-0.2, -0.15) is 8.42 Å². The lowest BCUT2D eigenvalue weighted by Gasteiger charge is -2.24. The van der Waals surface area contributed by atoms with Crippen molar-refractivity contribution >= 4 is 22.2 Å². The molecule has 0 aromatic heterocycles. The number of hydrogen-bond acceptors (Lipinski definition) is 7. The summed E-state index contributed by atoms with van der Waals surface area (Å²) in [5, 5.41) is 3.60. The average Bonchev–Trinajstić information content (AvgIpc) is 3.17. The molecule has 3 unspecified atom stereocenters. The van der Waals surface area contributed by atoms with E-state index in [4.69, 9.17) is 4.74 Å². The molecule has 0 bridgehead atoms. The van der Waals surface area contributed by atoms with Crippen LogP contribution in [0, 0.1) is 12.8 Å². The van der Waals surface area contributed by atoms with Gasteiger partial charge in [-0.1, -0.05) is 48.7 Å². The maximum atomic E-state index is 12.7. The molecule has 2 fully saturated rings. The Balaban J connectivity index is 1.45. The molecule has 8 heteroatoms. The largest absolute Gasteiger partial charge is 0.532 e. The molecule has 4 rings (SSSR count). The molecule has 1 aliphatic carbocycles. The van der Waals surface area contributed by atoms with Crippen LogP contribution >= 0.6 is 0 Å². The molecule has 0 radical (unpaired) electrons. The lowest BCUT2D eigenvalue weighted by atomic mass is 9.84. The van der Waals surface area contributed by atoms with E-state index in [9.17, 15) is 18.0 Å². The zero-order chi connectivity index (χ0) is 22.0. The molecule has 1 heterocycles. The van der Waals surface area contributed by atoms with Crippen LogP contribution in [0.15, 0.2) is 53.4 Å². The molecule has 1 saturated heterocycles. The predicted octanol–water partition coefficient (Wildman–Crippen LogP) is 4.27. The Morgan fingerprint density at radius 3 is 2.45 bits per heavy atom. The van der Waals surface area contributed by atoms with Crippen LogP contribution in [0.2, 0.25) is 0 Å². The van der Waals surface area contributed by atoms with E-state index in [1.807, 2.05) is 12.1 Å². The summed E-state index contributed by atoms with van der Waals surface area (Å²) >= 11 is 0. The van der Waals surface area contributed by atoms with E-state index in [1.54, 1.807) is 31.2 Å². The number of nitrogens with one attached hydrogen (secondary N) is 1. The molecule has 2 aliphatic rings. The van der Waals surface area contributed by atoms with E-state index in [0.29, 0.717) is 12.0 Å². The van der Waals surface area contributed by atoms with Crippen LogP contribution in [-0.2, 0) is 19.0 Å². The van der Waals surface area contributed by atoms with Crippen molar-refractivity contribution in [3.05, 3.63) is 65.2 Å². The molecule has 1 aliphatic heterocycles. The van der Waals surface area contributed by atoms with Crippen molar-refractivity contribution in [3.63, 3.8) is 0 Å². The van der Waals surface area contributed by atoms with Crippen molar-refractivity contribution in [1.29, 1.82) is 0 Å². The van der Waals surface area contributed by atoms with E-state index < -0.39 is 22.2 Å². The highest BCUT2D eigenvalue weighted by Crippen LogP contribution is 2.40. The smallest absolute Gasteiger partial charge is 0.356 e. The first-order valence-electron chi connectivity index (χ1n) is 10.5. The Labute approximate surface area is 181 Å². The van der Waals surface area contributed by atoms with Crippen molar-refractivity contribution in [3.8, 4) is 0 Å². The van der Waals surface area contributed by atoms with E-state index in [0.717, 1.165) is 24.0 Å². The quantitative estimate of drug-likeness (QED) is 0.428. The molecule has 2 aromatic carbocycles. The van der Waals surface area contributed by atoms with Crippen molar-refractivity contribution in [2.24, 2.45) is 5.92 Å². The first-order valence-corrected chi connectivity index (χ1v) is 11.9. The first kappa shape index (κ1) is 21.5. The SMILES string of the molecule is Cc1ccc(S(=O)(=O)OC(=O)OC(=O)c2ccccc2C2CC3CCCCC3N2)cc1. The lowest BCUT2D eigenvalue weighted by molar-refractivity contribution is 0.0534. The minimum absolute atomic E-state index is 0.0100. The molecule has 3 atom stereocenters. The molecule has 1 N–H and O–H groups in total. The van der Waals surface area contributed by atoms with Gasteiger partial charge < -0.3 is 14.2 Å². The Morgan fingerprint density at radius 2 is 1.71 bits per heavy atom. The van der Waals surface area contributed by atoms with Gasteiger partial charge in [0.1, 0.15) is 4.90 Å². The van der Waals surface area contributed by atoms with Gasteiger partial charge in [0.15, 0.2) is 0 Å². The summed E-state index contributed by atoms with van der Waals surface area (Å²) in [6.45, 7) is 1.80. The van der Waals surface area contributed by atoms with Gasteiger partial charge in [0.25, 0.3) is 0 Å². The lowest BCUT2D eigenvalue weighted by Crippen LogP contribution is -2.30. The zero-order valence-electron chi connectivity index (χ0n) is 17.2. The molecule has 164 valence electrons. The third-order valence-electron chi connectivity index (χ3n) is 6.08. The summed E-state index contributed by atoms with van der Waals surface area (Å²) in [5.74, 6) is -0.358. The van der Waals surface area contributed by atoms with Crippen LogP contribution in [0.5, 0.6) is 0 Å². The van der Waals surface area contributed by atoms with E-state index in [2.05, 4.69) is 9.50 Å². The molecule has 0 spiro atoms. The standard InChI is InChI=1S/C23H25NO6S/c1-15-10-12-17(13-11-15)31(27,28)30-23(26)29-22(25)19-8-4-3-7-18(19)21-14-16-6-2-5-9-20(16)24-21/h3-4,7-8,10-13,16,20-21,24H,2,5-6,9,14H2,1H3. The summed E-state index contributed by atoms with van der Waals surface area (Å²) in [4.78, 5) is 24.5. The minimum Gasteiger partial charge on any atom is -0.356 e. The number of rotatable bonds is 4. The maximum Gasteiger partial charge on any atom is 0.532 e. The van der Waals surface area contributed by atoms with Crippen LogP contribution in [0.1, 0.15) is 59.6 Å². The number of carbonyl (C=O) groups is 2. The second-order valence-electron chi connectivity index (χ2n) is 8.18. The Hall–Kier alpha value is -2.71. The molecular weight excluding hydrogens is 418 g/mol. The monoisotopic (exact) mass is 443 g/mol. The fraction of sp³-hybridized carbons (Fsp3) is 0.391. The second kappa shape index (κ2) is 8.80. The van der Waals surface area contributed by atoms with Crippen molar-refractivity contribution in [2.45, 2.75) is 56.0 Å². The van der Waals surface area contributed by atoms with Gasteiger partial charge in [-0.25, -0.2) is 9.59 Å². The summed E-state index contributed by atoms with van der Waals surface area (Å²) in [5.41, 5.74) is 1.83. The maximum absolute atomic E-state index is 12.7. The third kappa shape index (κ3) is 4.80. The fourth-order valence-corrected chi connectivity index (χ4v) is 5.31. The van der Waals surface area contributed by atoms with Crippen LogP contribution in [-0.4, -0.2) is 26.6 Å². The number of esters is 1. The number of hydrogen-bond donors (Lipinski definition) is 1. The van der Waals surface area contributed by atoms with E-state index in [1.165, 1.54) is 31.4 Å². The number of aryl methyl sites for hydroxylation is 1. The number of carbonyl (C=O) groups excluding carboxylic acids is 2. The number of benzene rings is 2. The van der Waals surface area contributed by atoms with Gasteiger partial charge in [0, 0.05) is 12.1 Å². The molecule has 1 saturated carbocycles. The molecule has 31 heavy (non-hydrogen) atoms. The summed E-state index contributed by atoms with van der Waals surface area (Å²) in [7, 11) is -4.38. The van der Waals surface area contributed by atoms with Crippen LogP contribution < -0.4 is 5.32 Å². The van der Waals surface area contributed by atoms with Gasteiger partial charge in [-0.15, -0.1) is 0 Å². The zero-order valence-corrected chi connectivity index (χ0v) is 18.1. The van der Waals surface area contributed by atoms with E-state index in [-0.39, 0.29) is 16.5 Å². The number of ether oxygens (including phenoxy) is 1. The fourth-order valence-electron chi connectivity index (χ4n) is 4.53. The summed E-state index contributed by atoms with van der Waals surface area (Å²) < 4.78 is 33.7. The van der Waals surface area contributed by atoms with Gasteiger partial charge in [-0.05, 0) is 55.9 Å². The second-order valence-corrected chi connectivity index (χ2v) is 9.73. The van der Waals surface area contributed by atoms with Crippen molar-refractivity contribution in [1.82, 2.24) is 5.32 Å². The molecule has 7 nitrogen and oxygen atoms in total. The van der Waals surface area contributed by atoms with Gasteiger partial charge >= 0.3 is 22.2 Å². The van der Waals surface area contributed by atoms with Gasteiger partial charge in [0.2, 0.25) is 0 Å². The normalized spacial score (nSPS) is 23.1. The predicted molar refractivity (Wildman–Crippen MR) is 113 cm³/mol. The highest BCUT2D eigenvalue weighted by Gasteiger charge is 2.37. The Kier molecular flexibility index (Phi) is 6.11. The van der Waals surface area contributed by atoms with Gasteiger partial charge in [0.05, 0.1) is 5.56 Å². The highest BCUT2D eigenvalue weighted by atomic mass is 32.2. The van der Waals surface area contributed by atoms with Crippen LogP contribution in [0.4, 0.5) is 4.79 Å². The third-order valence-corrected chi connectivity index (χ3v) is 7.29. The Bertz CT molecular complexity index is 1070. The molecular formula is C23H25NO6S. The van der Waals surface area contributed by atoms with Gasteiger partial charge in [-0.3, -0.25) is 0 Å². The number of fused-ring (bicyclic) bond motifs is 1. The highest BCUT2D eigenvalue weighted by molar-refractivity contribution is 7.87. The van der Waals surface area contributed by atoms with Crippen LogP contribution in [0.3, 0.4) is 0 Å². The minimum atomic E-state index is -4.38.